The van der Waals surface area contributed by atoms with Crippen molar-refractivity contribution in [3.63, 3.8) is 0 Å². The minimum atomic E-state index is -0.510. The second-order valence-electron chi connectivity index (χ2n) is 3.38. The molecule has 10 heavy (non-hydrogen) atoms. The summed E-state index contributed by atoms with van der Waals surface area (Å²) in [5, 5.41) is 9.59. The zero-order chi connectivity index (χ0) is 8.22. The van der Waals surface area contributed by atoms with Gasteiger partial charge in [0, 0.05) is 7.29 Å². The van der Waals surface area contributed by atoms with E-state index in [1.807, 2.05) is 6.92 Å². The van der Waals surface area contributed by atoms with Gasteiger partial charge in [-0.15, -0.1) is 0 Å². The van der Waals surface area contributed by atoms with Gasteiger partial charge in [0.15, 0.2) is 0 Å². The van der Waals surface area contributed by atoms with Crippen molar-refractivity contribution in [1.82, 2.24) is 0 Å². The Balaban J connectivity index is 2.19. The predicted molar refractivity (Wildman–Crippen MR) is 37.7 cm³/mol. The Bertz CT molecular complexity index is 183. The molecule has 0 spiro atoms. The van der Waals surface area contributed by atoms with Crippen LogP contribution in [0.5, 0.6) is 0 Å². The molecule has 3 aliphatic rings. The zero-order valence-electron chi connectivity index (χ0n) is 7.37. The van der Waals surface area contributed by atoms with Crippen molar-refractivity contribution in [2.45, 2.75) is 44.5 Å². The van der Waals surface area contributed by atoms with E-state index in [4.69, 9.17) is 6.11 Å². The first kappa shape index (κ1) is 5.56. The first-order valence-corrected chi connectivity index (χ1v) is 3.86. The van der Waals surface area contributed by atoms with Crippen LogP contribution in [0.4, 0.5) is 0 Å². The van der Waals surface area contributed by atoms with Crippen molar-refractivity contribution in [1.29, 1.82) is 0 Å². The lowest BCUT2D eigenvalue weighted by Gasteiger charge is -2.40. The topological polar surface area (TPSA) is 29.5 Å². The van der Waals surface area contributed by atoms with E-state index in [1.54, 1.807) is 6.92 Å². The summed E-state index contributed by atoms with van der Waals surface area (Å²) in [6.45, 7) is 3.77. The second kappa shape index (κ2) is 1.74. The Morgan fingerprint density at radius 3 is 2.80 bits per heavy atom. The van der Waals surface area contributed by atoms with Gasteiger partial charge in [0.05, 0.1) is 17.8 Å². The highest BCUT2D eigenvalue weighted by Crippen LogP contribution is 2.53. The first-order chi connectivity index (χ1) is 5.08. The van der Waals surface area contributed by atoms with E-state index in [9.17, 15) is 5.11 Å². The van der Waals surface area contributed by atoms with E-state index >= 15 is 0 Å². The maximum Gasteiger partial charge on any atom is 0.0949 e. The highest BCUT2D eigenvalue weighted by Gasteiger charge is 2.62. The molecule has 1 N–H and O–H groups in total. The van der Waals surface area contributed by atoms with Crippen molar-refractivity contribution in [3.05, 3.63) is 0 Å². The van der Waals surface area contributed by atoms with Crippen LogP contribution in [-0.4, -0.2) is 22.9 Å². The molecular formula is C8H14O2. The lowest BCUT2D eigenvalue weighted by molar-refractivity contribution is -0.112. The van der Waals surface area contributed by atoms with Crippen LogP contribution in [0.2, 0.25) is 0 Å². The van der Waals surface area contributed by atoms with Gasteiger partial charge in [-0.1, -0.05) is 6.92 Å². The summed E-state index contributed by atoms with van der Waals surface area (Å²) in [6.07, 6.45) is 0.335. The fraction of sp³-hybridized carbons (Fsp3) is 1.00. The number of hydrogen-bond acceptors (Lipinski definition) is 2. The van der Waals surface area contributed by atoms with Crippen molar-refractivity contribution >= 4 is 0 Å². The van der Waals surface area contributed by atoms with E-state index in [0.29, 0.717) is 5.92 Å². The minimum absolute atomic E-state index is 0.151. The number of hydrogen-bond donors (Lipinski definition) is 1. The summed E-state index contributed by atoms with van der Waals surface area (Å²) in [4.78, 5) is 0. The first-order valence-electron chi connectivity index (χ1n) is 4.44. The van der Waals surface area contributed by atoms with Gasteiger partial charge in [0.25, 0.3) is 0 Å². The largest absolute Gasteiger partial charge is 0.390 e. The third-order valence-corrected chi connectivity index (χ3v) is 2.96. The number of ether oxygens (including phenoxy) is 1. The SMILES string of the molecule is [2H][C@H](C)C12CC([C@H](C)O1)[C@@H]2O. The Hall–Kier alpha value is -0.0800. The average Bonchev–Trinajstić information content (AvgIpc) is 2.38. The van der Waals surface area contributed by atoms with Gasteiger partial charge < -0.3 is 9.84 Å². The van der Waals surface area contributed by atoms with Crippen LogP contribution >= 0.6 is 0 Å². The number of aliphatic hydroxyl groups excluding tert-OH is 1. The molecule has 2 nitrogen and oxygen atoms in total. The van der Waals surface area contributed by atoms with E-state index in [-0.39, 0.29) is 18.6 Å². The van der Waals surface area contributed by atoms with Crippen LogP contribution in [-0.2, 0) is 4.74 Å². The van der Waals surface area contributed by atoms with Crippen LogP contribution in [0, 0.1) is 5.92 Å². The van der Waals surface area contributed by atoms with Gasteiger partial charge in [-0.2, -0.15) is 0 Å². The Morgan fingerprint density at radius 1 is 1.90 bits per heavy atom. The molecule has 0 aromatic heterocycles. The maximum atomic E-state index is 9.59. The summed E-state index contributed by atoms with van der Waals surface area (Å²) >= 11 is 0. The number of aliphatic hydroxyl groups is 1. The molecule has 0 amide bonds. The Labute approximate surface area is 62.6 Å². The molecule has 2 heteroatoms. The van der Waals surface area contributed by atoms with Crippen LogP contribution in [0.15, 0.2) is 0 Å². The van der Waals surface area contributed by atoms with Gasteiger partial charge >= 0.3 is 0 Å². The standard InChI is InChI=1S/C8H14O2/c1-3-8-4-6(7(8)9)5(2)10-8/h5-7,9H,3-4H2,1-2H3/t5-,6?,7-,8?/m0/s1/i3D/t3-,5+,6?,7+,8?/m1. The molecule has 0 radical (unpaired) electrons. The van der Waals surface area contributed by atoms with E-state index in [2.05, 4.69) is 0 Å². The Morgan fingerprint density at radius 2 is 2.60 bits per heavy atom. The summed E-state index contributed by atoms with van der Waals surface area (Å²) in [5.74, 6) is 0.294. The third kappa shape index (κ3) is 0.523. The van der Waals surface area contributed by atoms with Crippen LogP contribution in [0.3, 0.4) is 0 Å². The normalized spacial score (nSPS) is 63.1. The summed E-state index contributed by atoms with van der Waals surface area (Å²) in [5.41, 5.74) is -0.510. The highest BCUT2D eigenvalue weighted by molar-refractivity contribution is 5.11. The van der Waals surface area contributed by atoms with Gasteiger partial charge in [0.1, 0.15) is 0 Å². The highest BCUT2D eigenvalue weighted by atomic mass is 16.5. The molecule has 3 fully saturated rings. The molecule has 1 aliphatic carbocycles. The smallest absolute Gasteiger partial charge is 0.0949 e. The summed E-state index contributed by atoms with van der Waals surface area (Å²) < 4.78 is 13.1. The van der Waals surface area contributed by atoms with Crippen molar-refractivity contribution in [3.8, 4) is 0 Å². The predicted octanol–water partition coefficient (Wildman–Crippen LogP) is 0.935. The van der Waals surface area contributed by atoms with E-state index in [1.165, 1.54) is 0 Å². The second-order valence-corrected chi connectivity index (χ2v) is 3.38. The summed E-state index contributed by atoms with van der Waals surface area (Å²) in [6, 6.07) is 0. The Kier molecular flexibility index (Phi) is 0.968. The summed E-state index contributed by atoms with van der Waals surface area (Å²) in [7, 11) is 0. The maximum absolute atomic E-state index is 9.59. The molecular weight excluding hydrogens is 128 g/mol. The van der Waals surface area contributed by atoms with Crippen LogP contribution in [0.1, 0.15) is 28.0 Å². The third-order valence-electron chi connectivity index (χ3n) is 2.96. The van der Waals surface area contributed by atoms with Gasteiger partial charge in [0.2, 0.25) is 0 Å². The van der Waals surface area contributed by atoms with E-state index < -0.39 is 5.60 Å². The quantitative estimate of drug-likeness (QED) is 0.592. The number of fused-ring (bicyclic) bond motifs is 1. The van der Waals surface area contributed by atoms with Crippen LogP contribution in [0.25, 0.3) is 0 Å². The van der Waals surface area contributed by atoms with E-state index in [0.717, 1.165) is 6.42 Å². The van der Waals surface area contributed by atoms with Crippen LogP contribution < -0.4 is 0 Å². The molecule has 2 aliphatic heterocycles. The minimum Gasteiger partial charge on any atom is -0.390 e. The lowest BCUT2D eigenvalue weighted by atomic mass is 9.68. The number of rotatable bonds is 1. The monoisotopic (exact) mass is 143 g/mol. The fourth-order valence-corrected chi connectivity index (χ4v) is 2.13. The molecule has 2 saturated heterocycles. The molecule has 0 aromatic rings. The van der Waals surface area contributed by atoms with Gasteiger partial charge in [-0.25, -0.2) is 0 Å². The van der Waals surface area contributed by atoms with Crippen molar-refractivity contribution < 1.29 is 11.2 Å². The van der Waals surface area contributed by atoms with Gasteiger partial charge in [-0.05, 0) is 19.7 Å². The van der Waals surface area contributed by atoms with Crippen molar-refractivity contribution in [2.24, 2.45) is 5.92 Å². The molecule has 2 bridgehead atoms. The molecule has 1 saturated carbocycles. The molecule has 2 heterocycles. The molecule has 2 unspecified atom stereocenters. The van der Waals surface area contributed by atoms with Crippen molar-refractivity contribution in [2.75, 3.05) is 0 Å². The molecule has 0 aromatic carbocycles. The molecule has 3 rings (SSSR count). The molecule has 58 valence electrons. The molecule has 5 atom stereocenters. The lowest BCUT2D eigenvalue weighted by Crippen LogP contribution is -2.51. The van der Waals surface area contributed by atoms with Gasteiger partial charge in [-0.3, -0.25) is 0 Å². The fourth-order valence-electron chi connectivity index (χ4n) is 2.13. The average molecular weight is 143 g/mol. The zero-order valence-corrected chi connectivity index (χ0v) is 6.37.